The summed E-state index contributed by atoms with van der Waals surface area (Å²) in [6.45, 7) is 5.85. The zero-order chi connectivity index (χ0) is 33.4. The first-order valence-corrected chi connectivity index (χ1v) is 19.8. The van der Waals surface area contributed by atoms with Gasteiger partial charge in [-0.2, -0.15) is 0 Å². The van der Waals surface area contributed by atoms with Gasteiger partial charge >= 0.3 is 11.9 Å². The Kier molecular flexibility index (Phi) is 30.9. The van der Waals surface area contributed by atoms with Crippen LogP contribution >= 0.6 is 7.82 Å². The number of unbranched alkanes of at least 4 members (excludes halogenated alkanes) is 18. The van der Waals surface area contributed by atoms with E-state index in [-0.39, 0.29) is 32.6 Å². The van der Waals surface area contributed by atoms with E-state index in [1.807, 2.05) is 0 Å². The van der Waals surface area contributed by atoms with Crippen molar-refractivity contribution in [3.8, 4) is 0 Å². The maximum Gasteiger partial charge on any atom is 0.306 e. The maximum absolute atomic E-state index is 12.5. The summed E-state index contributed by atoms with van der Waals surface area (Å²) in [4.78, 5) is 36.7. The Morgan fingerprint density at radius 3 is 1.62 bits per heavy atom. The third-order valence-electron chi connectivity index (χ3n) is 8.27. The SMILES string of the molecule is CCCCCCCCCCCCCCC(=O)OC[C@@H](COP(=O)([O-])OCCN)OC(=O)CCCCCCCCCCC(C)CC. The van der Waals surface area contributed by atoms with E-state index in [1.54, 1.807) is 0 Å². The molecule has 0 bridgehead atoms. The molecular weight excluding hydrogens is 593 g/mol. The molecule has 0 aromatic rings. The van der Waals surface area contributed by atoms with Gasteiger partial charge in [-0.3, -0.25) is 14.2 Å². The fourth-order valence-corrected chi connectivity index (χ4v) is 5.88. The molecule has 0 aliphatic heterocycles. The minimum Gasteiger partial charge on any atom is -0.756 e. The molecule has 9 nitrogen and oxygen atoms in total. The molecule has 0 aromatic carbocycles. The third-order valence-corrected chi connectivity index (χ3v) is 9.24. The summed E-state index contributed by atoms with van der Waals surface area (Å²) in [6, 6.07) is 0. The number of carbonyl (C=O) groups is 2. The topological polar surface area (TPSA) is 137 Å². The van der Waals surface area contributed by atoms with Gasteiger partial charge in [0.25, 0.3) is 7.82 Å². The largest absolute Gasteiger partial charge is 0.756 e. The van der Waals surface area contributed by atoms with E-state index in [0.29, 0.717) is 6.42 Å². The van der Waals surface area contributed by atoms with Crippen molar-refractivity contribution in [2.75, 3.05) is 26.4 Å². The molecule has 3 atom stereocenters. The minimum absolute atomic E-state index is 0.0168. The summed E-state index contributed by atoms with van der Waals surface area (Å²) in [7, 11) is -4.61. The summed E-state index contributed by atoms with van der Waals surface area (Å²) >= 11 is 0. The average molecular weight is 663 g/mol. The lowest BCUT2D eigenvalue weighted by molar-refractivity contribution is -0.228. The van der Waals surface area contributed by atoms with Crippen LogP contribution < -0.4 is 10.6 Å². The summed E-state index contributed by atoms with van der Waals surface area (Å²) < 4.78 is 32.2. The third kappa shape index (κ3) is 31.4. The predicted molar refractivity (Wildman–Crippen MR) is 181 cm³/mol. The van der Waals surface area contributed by atoms with Crippen LogP contribution in [-0.2, 0) is 32.7 Å². The molecule has 0 aromatic heterocycles. The minimum atomic E-state index is -4.61. The highest BCUT2D eigenvalue weighted by Crippen LogP contribution is 2.38. The van der Waals surface area contributed by atoms with Gasteiger partial charge in [0.15, 0.2) is 6.10 Å². The number of rotatable bonds is 34. The molecule has 0 amide bonds. The molecule has 10 heteroatoms. The zero-order valence-electron chi connectivity index (χ0n) is 29.2. The van der Waals surface area contributed by atoms with Crippen LogP contribution in [0.3, 0.4) is 0 Å². The van der Waals surface area contributed by atoms with Crippen molar-refractivity contribution >= 4 is 19.8 Å². The molecule has 0 heterocycles. The van der Waals surface area contributed by atoms with Gasteiger partial charge in [-0.05, 0) is 18.8 Å². The number of carbonyl (C=O) groups excluding carboxylic acids is 2. The van der Waals surface area contributed by atoms with Gasteiger partial charge in [0.2, 0.25) is 0 Å². The molecule has 0 spiro atoms. The average Bonchev–Trinajstić information content (AvgIpc) is 3.02. The van der Waals surface area contributed by atoms with E-state index >= 15 is 0 Å². The van der Waals surface area contributed by atoms with Gasteiger partial charge in [-0.25, -0.2) is 0 Å². The number of hydrogen-bond donors (Lipinski definition) is 1. The monoisotopic (exact) mass is 662 g/mol. The van der Waals surface area contributed by atoms with E-state index < -0.39 is 32.5 Å². The van der Waals surface area contributed by atoms with E-state index in [4.69, 9.17) is 19.7 Å². The van der Waals surface area contributed by atoms with Crippen molar-refractivity contribution < 1.29 is 37.6 Å². The second kappa shape index (κ2) is 31.6. The van der Waals surface area contributed by atoms with E-state index in [9.17, 15) is 19.0 Å². The van der Waals surface area contributed by atoms with Crippen molar-refractivity contribution in [2.45, 2.75) is 181 Å². The fourth-order valence-electron chi connectivity index (χ4n) is 5.13. The number of hydrogen-bond acceptors (Lipinski definition) is 9. The van der Waals surface area contributed by atoms with Crippen LogP contribution in [0.4, 0.5) is 0 Å². The van der Waals surface area contributed by atoms with E-state index in [2.05, 4.69) is 25.3 Å². The number of ether oxygens (including phenoxy) is 2. The van der Waals surface area contributed by atoms with Crippen molar-refractivity contribution in [3.63, 3.8) is 0 Å². The van der Waals surface area contributed by atoms with Crippen LogP contribution in [0.5, 0.6) is 0 Å². The second-order valence-electron chi connectivity index (χ2n) is 12.7. The first-order chi connectivity index (χ1) is 21.7. The fraction of sp³-hybridized carbons (Fsp3) is 0.943. The van der Waals surface area contributed by atoms with Gasteiger partial charge in [-0.15, -0.1) is 0 Å². The lowest BCUT2D eigenvalue weighted by atomic mass is 9.99. The van der Waals surface area contributed by atoms with Crippen molar-refractivity contribution in [2.24, 2.45) is 11.7 Å². The van der Waals surface area contributed by atoms with Crippen molar-refractivity contribution in [1.29, 1.82) is 0 Å². The van der Waals surface area contributed by atoms with Crippen molar-refractivity contribution in [1.82, 2.24) is 0 Å². The molecule has 0 saturated carbocycles. The Hall–Kier alpha value is -0.990. The van der Waals surface area contributed by atoms with Gasteiger partial charge < -0.3 is 29.1 Å². The first-order valence-electron chi connectivity index (χ1n) is 18.4. The summed E-state index contributed by atoms with van der Waals surface area (Å²) in [6.07, 6.45) is 25.4. The maximum atomic E-state index is 12.5. The van der Waals surface area contributed by atoms with Gasteiger partial charge in [0.1, 0.15) is 6.61 Å². The molecule has 45 heavy (non-hydrogen) atoms. The Bertz CT molecular complexity index is 738. The number of phosphoric acid groups is 1. The summed E-state index contributed by atoms with van der Waals surface area (Å²) in [5.41, 5.74) is 5.29. The van der Waals surface area contributed by atoms with Gasteiger partial charge in [0.05, 0.1) is 13.2 Å². The number of phosphoric ester groups is 1. The molecular formula is C35H69NO8P-. The highest BCUT2D eigenvalue weighted by atomic mass is 31.2. The molecule has 2 N–H and O–H groups in total. The van der Waals surface area contributed by atoms with E-state index in [0.717, 1.165) is 44.4 Å². The smallest absolute Gasteiger partial charge is 0.306 e. The normalized spacial score (nSPS) is 14.2. The Morgan fingerprint density at radius 1 is 0.667 bits per heavy atom. The first kappa shape index (κ1) is 44.0. The second-order valence-corrected chi connectivity index (χ2v) is 14.1. The highest BCUT2D eigenvalue weighted by Gasteiger charge is 2.21. The van der Waals surface area contributed by atoms with Crippen LogP contribution in [0.25, 0.3) is 0 Å². The highest BCUT2D eigenvalue weighted by molar-refractivity contribution is 7.45. The van der Waals surface area contributed by atoms with Crippen LogP contribution in [0, 0.1) is 5.92 Å². The molecule has 268 valence electrons. The van der Waals surface area contributed by atoms with Crippen LogP contribution in [-0.4, -0.2) is 44.4 Å². The van der Waals surface area contributed by atoms with Gasteiger partial charge in [0, 0.05) is 19.4 Å². The lowest BCUT2D eigenvalue weighted by Crippen LogP contribution is -2.30. The standard InChI is InChI=1S/C35H70NO8P/c1-4-6-7-8-9-10-11-12-13-17-20-23-26-34(37)41-30-33(31-43-45(39,40)42-29-28-36)44-35(38)27-24-21-18-15-14-16-19-22-25-32(3)5-2/h32-33H,4-31,36H2,1-3H3,(H,39,40)/p-1/t32?,33-/m0/s1. The number of esters is 2. The molecule has 2 unspecified atom stereocenters. The van der Waals surface area contributed by atoms with Crippen LogP contribution in [0.15, 0.2) is 0 Å². The summed E-state index contributed by atoms with van der Waals surface area (Å²) in [5, 5.41) is 0. The molecule has 0 fully saturated rings. The van der Waals surface area contributed by atoms with E-state index in [1.165, 1.54) is 96.3 Å². The Labute approximate surface area is 276 Å². The molecule has 0 saturated heterocycles. The summed E-state index contributed by atoms with van der Waals surface area (Å²) in [5.74, 6) is -0.0386. The Morgan fingerprint density at radius 2 is 1.13 bits per heavy atom. The molecule has 0 aliphatic rings. The van der Waals surface area contributed by atoms with Crippen LogP contribution in [0.2, 0.25) is 0 Å². The lowest BCUT2D eigenvalue weighted by Gasteiger charge is -2.25. The zero-order valence-corrected chi connectivity index (χ0v) is 30.1. The molecule has 0 rings (SSSR count). The Balaban J connectivity index is 4.24. The molecule has 0 radical (unpaired) electrons. The van der Waals surface area contributed by atoms with Gasteiger partial charge in [-0.1, -0.05) is 149 Å². The quantitative estimate of drug-likeness (QED) is 0.0406. The van der Waals surface area contributed by atoms with Crippen LogP contribution in [0.1, 0.15) is 175 Å². The number of nitrogens with two attached hydrogens (primary N) is 1. The predicted octanol–water partition coefficient (Wildman–Crippen LogP) is 8.94. The molecule has 0 aliphatic carbocycles. The van der Waals surface area contributed by atoms with Crippen molar-refractivity contribution in [3.05, 3.63) is 0 Å².